The van der Waals surface area contributed by atoms with Crippen molar-refractivity contribution in [1.82, 2.24) is 4.31 Å². The molecule has 0 radical (unpaired) electrons. The Balaban J connectivity index is 2.68. The summed E-state index contributed by atoms with van der Waals surface area (Å²) in [6.45, 7) is 4.63. The Bertz CT molecular complexity index is 653. The van der Waals surface area contributed by atoms with E-state index < -0.39 is 15.9 Å². The predicted molar refractivity (Wildman–Crippen MR) is 86.0 cm³/mol. The maximum Gasteiger partial charge on any atom is 0.239 e. The van der Waals surface area contributed by atoms with Gasteiger partial charge in [0.15, 0.2) is 0 Å². The molecule has 8 heteroatoms. The molecule has 0 aliphatic heterocycles. The highest BCUT2D eigenvalue weighted by Gasteiger charge is 2.18. The molecule has 2 N–H and O–H groups in total. The summed E-state index contributed by atoms with van der Waals surface area (Å²) in [6.07, 6.45) is 2.45. The van der Waals surface area contributed by atoms with Gasteiger partial charge in [-0.25, -0.2) is 8.42 Å². The maximum atomic E-state index is 11.9. The van der Waals surface area contributed by atoms with E-state index in [2.05, 4.69) is 17.2 Å². The third-order valence-electron chi connectivity index (χ3n) is 2.61. The number of nitrogens with one attached hydrogen (secondary N) is 2. The monoisotopic (exact) mass is 325 g/mol. The third kappa shape index (κ3) is 6.06. The quantitative estimate of drug-likeness (QED) is 0.732. The summed E-state index contributed by atoms with van der Waals surface area (Å²) in [6, 6.07) is 6.49. The van der Waals surface area contributed by atoms with E-state index in [0.29, 0.717) is 11.4 Å². The number of rotatable bonds is 7. The molecule has 120 valence electrons. The van der Waals surface area contributed by atoms with E-state index in [1.165, 1.54) is 13.0 Å². The molecule has 0 aliphatic rings. The van der Waals surface area contributed by atoms with Crippen molar-refractivity contribution in [2.45, 2.75) is 6.92 Å². The number of sulfonamides is 1. The van der Waals surface area contributed by atoms with Gasteiger partial charge in [0.2, 0.25) is 21.8 Å². The first-order valence-corrected chi connectivity index (χ1v) is 8.30. The molecular formula is C14H19N3O4S. The van der Waals surface area contributed by atoms with Crippen molar-refractivity contribution < 1.29 is 18.0 Å². The van der Waals surface area contributed by atoms with Crippen molar-refractivity contribution in [3.05, 3.63) is 36.9 Å². The summed E-state index contributed by atoms with van der Waals surface area (Å²) in [7, 11) is -3.48. The van der Waals surface area contributed by atoms with Gasteiger partial charge in [0.1, 0.15) is 0 Å². The first kappa shape index (κ1) is 17.9. The maximum absolute atomic E-state index is 11.9. The van der Waals surface area contributed by atoms with Crippen LogP contribution in [0.2, 0.25) is 0 Å². The van der Waals surface area contributed by atoms with E-state index in [0.717, 1.165) is 10.6 Å². The Morgan fingerprint density at radius 1 is 1.18 bits per heavy atom. The number of anilines is 2. The van der Waals surface area contributed by atoms with Gasteiger partial charge < -0.3 is 10.6 Å². The molecule has 0 fully saturated rings. The molecule has 0 spiro atoms. The van der Waals surface area contributed by atoms with Crippen molar-refractivity contribution in [2.24, 2.45) is 0 Å². The molecule has 1 aromatic rings. The highest BCUT2D eigenvalue weighted by atomic mass is 32.2. The van der Waals surface area contributed by atoms with Crippen LogP contribution in [0.4, 0.5) is 11.4 Å². The van der Waals surface area contributed by atoms with Gasteiger partial charge >= 0.3 is 0 Å². The Hall–Kier alpha value is -2.19. The standard InChI is InChI=1S/C14H19N3O4S/c1-4-9-17(22(3,20)21)10-14(19)16-13-7-5-12(6-8-13)15-11(2)18/h4-8H,1,9-10H2,2-3H3,(H,15,18)(H,16,19). The third-order valence-corrected chi connectivity index (χ3v) is 3.83. The molecule has 0 aliphatic carbocycles. The fraction of sp³-hybridized carbons (Fsp3) is 0.286. The van der Waals surface area contributed by atoms with Crippen LogP contribution in [0.1, 0.15) is 6.92 Å². The molecule has 0 saturated heterocycles. The van der Waals surface area contributed by atoms with Crippen molar-refractivity contribution in [1.29, 1.82) is 0 Å². The minimum Gasteiger partial charge on any atom is -0.326 e. The first-order chi connectivity index (χ1) is 10.2. The van der Waals surface area contributed by atoms with Gasteiger partial charge in [0, 0.05) is 24.8 Å². The largest absolute Gasteiger partial charge is 0.326 e. The molecule has 0 heterocycles. The molecule has 7 nitrogen and oxygen atoms in total. The number of amides is 2. The van der Waals surface area contributed by atoms with Crippen LogP contribution < -0.4 is 10.6 Å². The molecule has 2 amide bonds. The number of hydrogen-bond donors (Lipinski definition) is 2. The summed E-state index contributed by atoms with van der Waals surface area (Å²) >= 11 is 0. The zero-order valence-electron chi connectivity index (χ0n) is 12.5. The smallest absolute Gasteiger partial charge is 0.239 e. The fourth-order valence-corrected chi connectivity index (χ4v) is 2.39. The Kier molecular flexibility index (Phi) is 6.26. The Labute approximate surface area is 130 Å². The zero-order chi connectivity index (χ0) is 16.8. The topological polar surface area (TPSA) is 95.6 Å². The number of hydrogen-bond acceptors (Lipinski definition) is 4. The highest BCUT2D eigenvalue weighted by molar-refractivity contribution is 7.88. The molecule has 0 unspecified atom stereocenters. The van der Waals surface area contributed by atoms with Gasteiger partial charge in [-0.05, 0) is 24.3 Å². The fourth-order valence-electron chi connectivity index (χ4n) is 1.66. The van der Waals surface area contributed by atoms with Gasteiger partial charge in [-0.15, -0.1) is 6.58 Å². The molecule has 1 aromatic carbocycles. The summed E-state index contributed by atoms with van der Waals surface area (Å²) in [4.78, 5) is 22.8. The number of benzene rings is 1. The van der Waals surface area contributed by atoms with Crippen LogP contribution >= 0.6 is 0 Å². The zero-order valence-corrected chi connectivity index (χ0v) is 13.3. The second-order valence-corrected chi connectivity index (χ2v) is 6.63. The van der Waals surface area contributed by atoms with Crippen molar-refractivity contribution in [3.63, 3.8) is 0 Å². The summed E-state index contributed by atoms with van der Waals surface area (Å²) in [5.74, 6) is -0.649. The van der Waals surface area contributed by atoms with Crippen LogP contribution in [-0.2, 0) is 19.6 Å². The van der Waals surface area contributed by atoms with Crippen LogP contribution in [0.3, 0.4) is 0 Å². The highest BCUT2D eigenvalue weighted by Crippen LogP contribution is 2.13. The van der Waals surface area contributed by atoms with Crippen LogP contribution in [0, 0.1) is 0 Å². The molecule has 0 bridgehead atoms. The van der Waals surface area contributed by atoms with Crippen LogP contribution in [0.15, 0.2) is 36.9 Å². The summed E-state index contributed by atoms with van der Waals surface area (Å²) < 4.78 is 24.0. The van der Waals surface area contributed by atoms with Crippen molar-refractivity contribution in [2.75, 3.05) is 30.0 Å². The SMILES string of the molecule is C=CCN(CC(=O)Nc1ccc(NC(C)=O)cc1)S(C)(=O)=O. The second kappa shape index (κ2) is 7.71. The van der Waals surface area contributed by atoms with Gasteiger partial charge in [0.05, 0.1) is 12.8 Å². The number of carbonyl (C=O) groups is 2. The van der Waals surface area contributed by atoms with Crippen LogP contribution in [-0.4, -0.2) is 43.9 Å². The lowest BCUT2D eigenvalue weighted by molar-refractivity contribution is -0.116. The van der Waals surface area contributed by atoms with E-state index in [9.17, 15) is 18.0 Å². The van der Waals surface area contributed by atoms with Crippen molar-refractivity contribution >= 4 is 33.2 Å². The lowest BCUT2D eigenvalue weighted by Crippen LogP contribution is -2.37. The van der Waals surface area contributed by atoms with E-state index in [1.54, 1.807) is 24.3 Å². The first-order valence-electron chi connectivity index (χ1n) is 6.46. The predicted octanol–water partition coefficient (Wildman–Crippen LogP) is 1.03. The number of nitrogens with zero attached hydrogens (tertiary/aromatic N) is 1. The molecular weight excluding hydrogens is 306 g/mol. The van der Waals surface area contributed by atoms with Crippen LogP contribution in [0.25, 0.3) is 0 Å². The molecule has 0 aromatic heterocycles. The summed E-state index contributed by atoms with van der Waals surface area (Å²) in [5, 5.41) is 5.20. The Morgan fingerprint density at radius 2 is 1.68 bits per heavy atom. The lowest BCUT2D eigenvalue weighted by Gasteiger charge is -2.17. The molecule has 0 saturated carbocycles. The van der Waals surface area contributed by atoms with Gasteiger partial charge in [0.25, 0.3) is 0 Å². The average molecular weight is 325 g/mol. The summed E-state index contributed by atoms with van der Waals surface area (Å²) in [5.41, 5.74) is 1.11. The van der Waals surface area contributed by atoms with E-state index in [-0.39, 0.29) is 19.0 Å². The van der Waals surface area contributed by atoms with E-state index >= 15 is 0 Å². The van der Waals surface area contributed by atoms with Gasteiger partial charge in [-0.3, -0.25) is 9.59 Å². The molecule has 22 heavy (non-hydrogen) atoms. The van der Waals surface area contributed by atoms with Crippen molar-refractivity contribution in [3.8, 4) is 0 Å². The normalized spacial score (nSPS) is 11.0. The minimum absolute atomic E-state index is 0.0632. The number of carbonyl (C=O) groups excluding carboxylic acids is 2. The van der Waals surface area contributed by atoms with E-state index in [1.807, 2.05) is 0 Å². The average Bonchev–Trinajstić information content (AvgIpc) is 2.39. The molecule has 0 atom stereocenters. The molecule has 1 rings (SSSR count). The van der Waals surface area contributed by atoms with Gasteiger partial charge in [-0.1, -0.05) is 6.08 Å². The minimum atomic E-state index is -3.48. The van der Waals surface area contributed by atoms with E-state index in [4.69, 9.17) is 0 Å². The second-order valence-electron chi connectivity index (χ2n) is 4.65. The van der Waals surface area contributed by atoms with Crippen LogP contribution in [0.5, 0.6) is 0 Å². The van der Waals surface area contributed by atoms with Gasteiger partial charge in [-0.2, -0.15) is 4.31 Å². The lowest BCUT2D eigenvalue weighted by atomic mass is 10.2. The Morgan fingerprint density at radius 3 is 2.09 bits per heavy atom.